The summed E-state index contributed by atoms with van der Waals surface area (Å²) in [6.07, 6.45) is 1.67. The standard InChI is InChI=1S/C30H36FN3O3/c1-6-13-37-26-12-9-21(18(2)19(26)3)15-24(32)29(36)34-17-30(4,5)27-25(34)16-22(28(35)33-27)14-20-7-10-23(31)11-8-20/h7-12,16,24H,6,13-15,17,32H2,1-5H3,(H,33,35)/t24-/m0/s1. The van der Waals surface area contributed by atoms with Crippen LogP contribution in [0.4, 0.5) is 10.1 Å². The number of hydrogen-bond acceptors (Lipinski definition) is 4. The average molecular weight is 506 g/mol. The molecule has 0 saturated heterocycles. The maximum Gasteiger partial charge on any atom is 0.251 e. The van der Waals surface area contributed by atoms with Gasteiger partial charge in [-0.2, -0.15) is 0 Å². The Morgan fingerprint density at radius 2 is 1.84 bits per heavy atom. The number of halogens is 1. The molecule has 0 spiro atoms. The van der Waals surface area contributed by atoms with Gasteiger partial charge in [0.25, 0.3) is 5.56 Å². The minimum atomic E-state index is -0.741. The van der Waals surface area contributed by atoms with Crippen LogP contribution in [0.5, 0.6) is 5.75 Å². The van der Waals surface area contributed by atoms with Crippen molar-refractivity contribution in [1.82, 2.24) is 4.98 Å². The van der Waals surface area contributed by atoms with Crippen molar-refractivity contribution >= 4 is 11.6 Å². The zero-order valence-electron chi connectivity index (χ0n) is 22.3. The minimum Gasteiger partial charge on any atom is -0.493 e. The van der Waals surface area contributed by atoms with Crippen LogP contribution in [0, 0.1) is 19.7 Å². The molecule has 1 aromatic heterocycles. The van der Waals surface area contributed by atoms with Gasteiger partial charge < -0.3 is 20.4 Å². The number of anilines is 1. The highest BCUT2D eigenvalue weighted by molar-refractivity contribution is 5.99. The quantitative estimate of drug-likeness (QED) is 0.464. The first-order valence-electron chi connectivity index (χ1n) is 12.8. The Morgan fingerprint density at radius 1 is 1.14 bits per heavy atom. The van der Waals surface area contributed by atoms with Gasteiger partial charge in [0.05, 0.1) is 18.3 Å². The van der Waals surface area contributed by atoms with Crippen molar-refractivity contribution in [2.45, 2.75) is 65.3 Å². The summed E-state index contributed by atoms with van der Waals surface area (Å²) in [6, 6.07) is 11.1. The van der Waals surface area contributed by atoms with Crippen molar-refractivity contribution in [3.63, 3.8) is 0 Å². The maximum atomic E-state index is 13.6. The molecule has 0 saturated carbocycles. The molecule has 7 heteroatoms. The van der Waals surface area contributed by atoms with Gasteiger partial charge in [-0.25, -0.2) is 4.39 Å². The summed E-state index contributed by atoms with van der Waals surface area (Å²) in [4.78, 5) is 31.2. The first kappa shape index (κ1) is 26.6. The summed E-state index contributed by atoms with van der Waals surface area (Å²) in [5.74, 6) is 0.346. The molecule has 0 unspecified atom stereocenters. The van der Waals surface area contributed by atoms with Gasteiger partial charge in [0.15, 0.2) is 0 Å². The normalized spacial score (nSPS) is 14.9. The third-order valence-electron chi connectivity index (χ3n) is 7.26. The molecule has 196 valence electrons. The molecule has 6 nitrogen and oxygen atoms in total. The summed E-state index contributed by atoms with van der Waals surface area (Å²) >= 11 is 0. The Bertz CT molecular complexity index is 1360. The molecule has 0 aliphatic carbocycles. The molecule has 1 amide bonds. The van der Waals surface area contributed by atoms with Gasteiger partial charge in [0.2, 0.25) is 5.91 Å². The van der Waals surface area contributed by atoms with Gasteiger partial charge in [0.1, 0.15) is 11.6 Å². The molecule has 1 aliphatic heterocycles. The van der Waals surface area contributed by atoms with Crippen LogP contribution in [0.15, 0.2) is 47.3 Å². The van der Waals surface area contributed by atoms with E-state index >= 15 is 0 Å². The smallest absolute Gasteiger partial charge is 0.251 e. The van der Waals surface area contributed by atoms with Gasteiger partial charge in [-0.3, -0.25) is 9.59 Å². The SMILES string of the molecule is CCCOc1ccc(C[C@H](N)C(=O)N2CC(C)(C)c3[nH]c(=O)c(Cc4ccc(F)cc4)cc32)c(C)c1C. The fourth-order valence-corrected chi connectivity index (χ4v) is 4.96. The molecule has 37 heavy (non-hydrogen) atoms. The van der Waals surface area contributed by atoms with Crippen LogP contribution in [0.2, 0.25) is 0 Å². The number of hydrogen-bond donors (Lipinski definition) is 2. The number of fused-ring (bicyclic) bond motifs is 1. The van der Waals surface area contributed by atoms with E-state index < -0.39 is 11.5 Å². The zero-order chi connectivity index (χ0) is 26.9. The van der Waals surface area contributed by atoms with E-state index in [0.717, 1.165) is 40.1 Å². The largest absolute Gasteiger partial charge is 0.493 e. The van der Waals surface area contributed by atoms with Crippen molar-refractivity contribution in [3.05, 3.63) is 92.1 Å². The van der Waals surface area contributed by atoms with Crippen LogP contribution in [0.3, 0.4) is 0 Å². The molecule has 3 aromatic rings. The topological polar surface area (TPSA) is 88.4 Å². The number of nitrogens with one attached hydrogen (secondary N) is 1. The Labute approximate surface area is 217 Å². The van der Waals surface area contributed by atoms with Crippen LogP contribution in [-0.4, -0.2) is 30.1 Å². The van der Waals surface area contributed by atoms with E-state index in [9.17, 15) is 14.0 Å². The molecule has 1 aliphatic rings. The highest BCUT2D eigenvalue weighted by Crippen LogP contribution is 2.39. The maximum absolute atomic E-state index is 13.6. The van der Waals surface area contributed by atoms with E-state index in [1.165, 1.54) is 12.1 Å². The third kappa shape index (κ3) is 5.47. The number of pyridine rings is 1. The molecule has 1 atom stereocenters. The van der Waals surface area contributed by atoms with Gasteiger partial charge in [-0.1, -0.05) is 39.0 Å². The predicted octanol–water partition coefficient (Wildman–Crippen LogP) is 4.70. The molecule has 4 rings (SSSR count). The number of carbonyl (C=O) groups excluding carboxylic acids is 1. The Balaban J connectivity index is 1.59. The van der Waals surface area contributed by atoms with Gasteiger partial charge in [0, 0.05) is 29.6 Å². The lowest BCUT2D eigenvalue weighted by atomic mass is 9.91. The van der Waals surface area contributed by atoms with Crippen molar-refractivity contribution in [3.8, 4) is 5.75 Å². The van der Waals surface area contributed by atoms with Gasteiger partial charge in [-0.15, -0.1) is 0 Å². The first-order valence-corrected chi connectivity index (χ1v) is 12.8. The average Bonchev–Trinajstić information content (AvgIpc) is 3.12. The molecule has 0 fully saturated rings. The second-order valence-electron chi connectivity index (χ2n) is 10.6. The van der Waals surface area contributed by atoms with E-state index in [2.05, 4.69) is 11.9 Å². The fourth-order valence-electron chi connectivity index (χ4n) is 4.96. The molecule has 0 radical (unpaired) electrons. The number of H-pyrrole nitrogens is 1. The van der Waals surface area contributed by atoms with E-state index in [-0.39, 0.29) is 17.3 Å². The van der Waals surface area contributed by atoms with Crippen LogP contribution in [0.1, 0.15) is 60.7 Å². The van der Waals surface area contributed by atoms with E-state index in [1.807, 2.05) is 39.8 Å². The number of aromatic amines is 1. The van der Waals surface area contributed by atoms with E-state index in [0.29, 0.717) is 37.2 Å². The first-order chi connectivity index (χ1) is 17.5. The number of nitrogens with two attached hydrogens (primary N) is 1. The molecule has 2 aromatic carbocycles. The van der Waals surface area contributed by atoms with Crippen LogP contribution < -0.4 is 20.9 Å². The molecular formula is C30H36FN3O3. The second kappa shape index (κ2) is 10.5. The number of ether oxygens (including phenoxy) is 1. The molecule has 3 N–H and O–H groups in total. The number of carbonyl (C=O) groups is 1. The number of amides is 1. The Hall–Kier alpha value is -3.45. The summed E-state index contributed by atoms with van der Waals surface area (Å²) in [7, 11) is 0. The van der Waals surface area contributed by atoms with Crippen molar-refractivity contribution in [1.29, 1.82) is 0 Å². The van der Waals surface area contributed by atoms with Gasteiger partial charge >= 0.3 is 0 Å². The minimum absolute atomic E-state index is 0.185. The number of aromatic nitrogens is 1. The summed E-state index contributed by atoms with van der Waals surface area (Å²) in [5.41, 5.74) is 11.7. The molecular weight excluding hydrogens is 469 g/mol. The summed E-state index contributed by atoms with van der Waals surface area (Å²) in [5, 5.41) is 0. The second-order valence-corrected chi connectivity index (χ2v) is 10.6. The van der Waals surface area contributed by atoms with Crippen LogP contribution in [-0.2, 0) is 23.1 Å². The number of benzene rings is 2. The number of nitrogens with zero attached hydrogens (tertiary/aromatic N) is 1. The van der Waals surface area contributed by atoms with Crippen molar-refractivity contribution in [2.75, 3.05) is 18.1 Å². The van der Waals surface area contributed by atoms with Crippen LogP contribution in [0.25, 0.3) is 0 Å². The number of rotatable bonds is 8. The van der Waals surface area contributed by atoms with Crippen LogP contribution >= 0.6 is 0 Å². The Kier molecular flexibility index (Phi) is 7.55. The van der Waals surface area contributed by atoms with E-state index in [4.69, 9.17) is 10.5 Å². The highest BCUT2D eigenvalue weighted by atomic mass is 19.1. The van der Waals surface area contributed by atoms with Crippen molar-refractivity contribution < 1.29 is 13.9 Å². The van der Waals surface area contributed by atoms with E-state index in [1.54, 1.807) is 23.1 Å². The van der Waals surface area contributed by atoms with Gasteiger partial charge in [-0.05, 0) is 73.2 Å². The lowest BCUT2D eigenvalue weighted by Gasteiger charge is -2.24. The highest BCUT2D eigenvalue weighted by Gasteiger charge is 2.40. The predicted molar refractivity (Wildman–Crippen MR) is 145 cm³/mol. The lowest BCUT2D eigenvalue weighted by molar-refractivity contribution is -0.119. The third-order valence-corrected chi connectivity index (χ3v) is 7.26. The fraction of sp³-hybridized carbons (Fsp3) is 0.400. The molecule has 2 heterocycles. The lowest BCUT2D eigenvalue weighted by Crippen LogP contribution is -2.46. The Morgan fingerprint density at radius 3 is 2.51 bits per heavy atom. The summed E-state index contributed by atoms with van der Waals surface area (Å²) < 4.78 is 19.2. The molecule has 0 bridgehead atoms. The monoisotopic (exact) mass is 505 g/mol. The van der Waals surface area contributed by atoms with Crippen molar-refractivity contribution in [2.24, 2.45) is 5.73 Å². The zero-order valence-corrected chi connectivity index (χ0v) is 22.3. The summed E-state index contributed by atoms with van der Waals surface area (Å²) in [6.45, 7) is 11.2.